The molecule has 0 fully saturated rings. The van der Waals surface area contributed by atoms with Crippen LogP contribution in [0.25, 0.3) is 0 Å². The lowest BCUT2D eigenvalue weighted by atomic mass is 10.3. The predicted molar refractivity (Wildman–Crippen MR) is 64.4 cm³/mol. The van der Waals surface area contributed by atoms with Crippen molar-refractivity contribution in [3.05, 3.63) is 41.9 Å². The average Bonchev–Trinajstić information content (AvgIpc) is 2.65. The van der Waals surface area contributed by atoms with Crippen LogP contribution in [0.1, 0.15) is 11.3 Å². The Kier molecular flexibility index (Phi) is 3.19. The fourth-order valence-corrected chi connectivity index (χ4v) is 1.60. The Morgan fingerprint density at radius 2 is 2.19 bits per heavy atom. The lowest BCUT2D eigenvalue weighted by Crippen LogP contribution is -2.09. The molecule has 0 aliphatic rings. The normalized spacial score (nSPS) is 10.4. The highest BCUT2D eigenvalue weighted by molar-refractivity contribution is 5.36. The molecule has 0 bridgehead atoms. The molecule has 0 saturated carbocycles. The zero-order valence-corrected chi connectivity index (χ0v) is 9.64. The quantitative estimate of drug-likeness (QED) is 0.847. The van der Waals surface area contributed by atoms with Crippen molar-refractivity contribution >= 4 is 5.82 Å². The average molecular weight is 216 g/mol. The van der Waals surface area contributed by atoms with E-state index in [1.807, 2.05) is 42.3 Å². The molecule has 4 heteroatoms. The molecule has 0 saturated heterocycles. The van der Waals surface area contributed by atoms with Gasteiger partial charge in [-0.05, 0) is 30.7 Å². The van der Waals surface area contributed by atoms with Gasteiger partial charge in [-0.2, -0.15) is 5.10 Å². The predicted octanol–water partition coefficient (Wildman–Crippen LogP) is 1.78. The minimum atomic E-state index is 0.871. The van der Waals surface area contributed by atoms with Gasteiger partial charge in [0.1, 0.15) is 5.82 Å². The molecule has 84 valence electrons. The van der Waals surface area contributed by atoms with Crippen LogP contribution >= 0.6 is 0 Å². The minimum absolute atomic E-state index is 0.871. The summed E-state index contributed by atoms with van der Waals surface area (Å²) in [5, 5.41) is 7.43. The maximum absolute atomic E-state index is 4.25. The molecular formula is C12H16N4. The van der Waals surface area contributed by atoms with Gasteiger partial charge in [-0.25, -0.2) is 4.98 Å². The fourth-order valence-electron chi connectivity index (χ4n) is 1.60. The Balaban J connectivity index is 1.87. The topological polar surface area (TPSA) is 42.7 Å². The molecule has 0 spiro atoms. The molecule has 0 unspecified atom stereocenters. The second kappa shape index (κ2) is 4.79. The molecule has 0 aliphatic heterocycles. The van der Waals surface area contributed by atoms with E-state index in [9.17, 15) is 0 Å². The molecule has 0 aliphatic carbocycles. The number of nitrogens with zero attached hydrogens (tertiary/aromatic N) is 3. The summed E-state index contributed by atoms with van der Waals surface area (Å²) < 4.78 is 1.89. The Hall–Kier alpha value is -1.84. The number of rotatable bonds is 4. The summed E-state index contributed by atoms with van der Waals surface area (Å²) in [6, 6.07) is 6.07. The van der Waals surface area contributed by atoms with Gasteiger partial charge in [0.25, 0.3) is 0 Å². The molecule has 0 atom stereocenters. The van der Waals surface area contributed by atoms with Crippen LogP contribution in [0.4, 0.5) is 5.82 Å². The monoisotopic (exact) mass is 216 g/mol. The molecule has 0 amide bonds. The van der Waals surface area contributed by atoms with Crippen molar-refractivity contribution in [3.63, 3.8) is 0 Å². The third-order valence-corrected chi connectivity index (χ3v) is 2.53. The molecule has 2 rings (SSSR count). The number of aromatic nitrogens is 3. The van der Waals surface area contributed by atoms with Crippen molar-refractivity contribution in [2.45, 2.75) is 13.3 Å². The summed E-state index contributed by atoms with van der Waals surface area (Å²) >= 11 is 0. The second-order valence-electron chi connectivity index (χ2n) is 3.84. The van der Waals surface area contributed by atoms with Crippen LogP contribution in [0.3, 0.4) is 0 Å². The summed E-state index contributed by atoms with van der Waals surface area (Å²) in [7, 11) is 1.96. The second-order valence-corrected chi connectivity index (χ2v) is 3.84. The van der Waals surface area contributed by atoms with E-state index in [1.165, 1.54) is 11.3 Å². The summed E-state index contributed by atoms with van der Waals surface area (Å²) in [6.07, 6.45) is 4.59. The number of hydrogen-bond donors (Lipinski definition) is 1. The van der Waals surface area contributed by atoms with Gasteiger partial charge in [-0.1, -0.05) is 0 Å². The largest absolute Gasteiger partial charge is 0.370 e. The van der Waals surface area contributed by atoms with Crippen LogP contribution < -0.4 is 5.32 Å². The van der Waals surface area contributed by atoms with E-state index < -0.39 is 0 Å². The van der Waals surface area contributed by atoms with Gasteiger partial charge < -0.3 is 5.32 Å². The van der Waals surface area contributed by atoms with Crippen LogP contribution in [-0.2, 0) is 13.5 Å². The van der Waals surface area contributed by atoms with Gasteiger partial charge in [0.15, 0.2) is 0 Å². The first-order valence-electron chi connectivity index (χ1n) is 5.39. The van der Waals surface area contributed by atoms with Gasteiger partial charge in [0, 0.05) is 38.1 Å². The van der Waals surface area contributed by atoms with Gasteiger partial charge in [0.05, 0.1) is 0 Å². The maximum Gasteiger partial charge on any atom is 0.126 e. The van der Waals surface area contributed by atoms with Crippen molar-refractivity contribution in [1.82, 2.24) is 14.8 Å². The van der Waals surface area contributed by atoms with Gasteiger partial charge in [0.2, 0.25) is 0 Å². The van der Waals surface area contributed by atoms with Crippen LogP contribution in [-0.4, -0.2) is 21.3 Å². The number of aryl methyl sites for hydroxylation is 2. The maximum atomic E-state index is 4.25. The van der Waals surface area contributed by atoms with E-state index in [0.29, 0.717) is 0 Å². The van der Waals surface area contributed by atoms with Crippen molar-refractivity contribution in [3.8, 4) is 0 Å². The molecule has 2 aromatic rings. The molecule has 16 heavy (non-hydrogen) atoms. The smallest absolute Gasteiger partial charge is 0.126 e. The summed E-state index contributed by atoms with van der Waals surface area (Å²) in [4.78, 5) is 4.25. The number of hydrogen-bond acceptors (Lipinski definition) is 3. The first kappa shape index (κ1) is 10.7. The standard InChI is InChI=1S/C12H16N4/c1-10-3-6-13-12(9-10)14-7-4-11-5-8-15-16(11)2/h3,5-6,8-9H,4,7H2,1-2H3,(H,13,14). The van der Waals surface area contributed by atoms with E-state index in [2.05, 4.69) is 22.3 Å². The molecular weight excluding hydrogens is 200 g/mol. The molecule has 1 N–H and O–H groups in total. The molecule has 0 radical (unpaired) electrons. The number of pyridine rings is 1. The van der Waals surface area contributed by atoms with Crippen LogP contribution in [0.15, 0.2) is 30.6 Å². The summed E-state index contributed by atoms with van der Waals surface area (Å²) in [6.45, 7) is 2.93. The Morgan fingerprint density at radius 1 is 1.31 bits per heavy atom. The van der Waals surface area contributed by atoms with Crippen molar-refractivity contribution < 1.29 is 0 Å². The Morgan fingerprint density at radius 3 is 2.88 bits per heavy atom. The highest BCUT2D eigenvalue weighted by Gasteiger charge is 1.98. The fraction of sp³-hybridized carbons (Fsp3) is 0.333. The highest BCUT2D eigenvalue weighted by atomic mass is 15.3. The lowest BCUT2D eigenvalue weighted by molar-refractivity contribution is 0.711. The third kappa shape index (κ3) is 2.59. The SMILES string of the molecule is Cc1ccnc(NCCc2ccnn2C)c1. The minimum Gasteiger partial charge on any atom is -0.370 e. The Labute approximate surface area is 95.3 Å². The number of nitrogens with one attached hydrogen (secondary N) is 1. The third-order valence-electron chi connectivity index (χ3n) is 2.53. The van der Waals surface area contributed by atoms with E-state index >= 15 is 0 Å². The van der Waals surface area contributed by atoms with E-state index in [-0.39, 0.29) is 0 Å². The first-order chi connectivity index (χ1) is 7.75. The summed E-state index contributed by atoms with van der Waals surface area (Å²) in [5.41, 5.74) is 2.44. The first-order valence-corrected chi connectivity index (χ1v) is 5.39. The Bertz CT molecular complexity index is 462. The van der Waals surface area contributed by atoms with Gasteiger partial charge >= 0.3 is 0 Å². The van der Waals surface area contributed by atoms with Crippen LogP contribution in [0.5, 0.6) is 0 Å². The summed E-state index contributed by atoms with van der Waals surface area (Å²) in [5.74, 6) is 0.933. The van der Waals surface area contributed by atoms with E-state index in [4.69, 9.17) is 0 Å². The molecule has 2 aromatic heterocycles. The van der Waals surface area contributed by atoms with Gasteiger partial charge in [-0.3, -0.25) is 4.68 Å². The molecule has 0 aromatic carbocycles. The van der Waals surface area contributed by atoms with Crippen molar-refractivity contribution in [2.75, 3.05) is 11.9 Å². The van der Waals surface area contributed by atoms with Crippen LogP contribution in [0, 0.1) is 6.92 Å². The number of anilines is 1. The van der Waals surface area contributed by atoms with Gasteiger partial charge in [-0.15, -0.1) is 0 Å². The van der Waals surface area contributed by atoms with Crippen molar-refractivity contribution in [1.29, 1.82) is 0 Å². The van der Waals surface area contributed by atoms with Crippen LogP contribution in [0.2, 0.25) is 0 Å². The highest BCUT2D eigenvalue weighted by Crippen LogP contribution is 2.05. The van der Waals surface area contributed by atoms with E-state index in [1.54, 1.807) is 0 Å². The molecule has 4 nitrogen and oxygen atoms in total. The van der Waals surface area contributed by atoms with Crippen molar-refractivity contribution in [2.24, 2.45) is 7.05 Å². The zero-order valence-electron chi connectivity index (χ0n) is 9.64. The zero-order chi connectivity index (χ0) is 11.4. The van der Waals surface area contributed by atoms with E-state index in [0.717, 1.165) is 18.8 Å². The molecule has 2 heterocycles. The lowest BCUT2D eigenvalue weighted by Gasteiger charge is -2.06.